The first-order valence-corrected chi connectivity index (χ1v) is 11.1. The third kappa shape index (κ3) is 24.4. The van der Waals surface area contributed by atoms with Gasteiger partial charge in [0.1, 0.15) is 17.3 Å². The summed E-state index contributed by atoms with van der Waals surface area (Å²) in [6.07, 6.45) is -14.2. The van der Waals surface area contributed by atoms with Crippen LogP contribution in [0.1, 0.15) is 40.0 Å². The van der Waals surface area contributed by atoms with Crippen molar-refractivity contribution in [1.29, 1.82) is 0 Å². The Morgan fingerprint density at radius 2 is 0.744 bits per heavy atom. The van der Waals surface area contributed by atoms with Crippen molar-refractivity contribution in [2.24, 2.45) is 0 Å². The van der Waals surface area contributed by atoms with Gasteiger partial charge in [0.2, 0.25) is 17.3 Å². The zero-order valence-electron chi connectivity index (χ0n) is 22.4. The van der Waals surface area contributed by atoms with Crippen molar-refractivity contribution >= 4 is 34.7 Å². The van der Waals surface area contributed by atoms with E-state index in [2.05, 4.69) is 9.97 Å². The van der Waals surface area contributed by atoms with Gasteiger partial charge in [0.05, 0.1) is 30.7 Å². The minimum Gasteiger partial charge on any atom is -0.300 e. The molecule has 43 heavy (non-hydrogen) atoms. The number of rotatable bonds is 7. The van der Waals surface area contributed by atoms with Crippen LogP contribution in [-0.4, -0.2) is 63.2 Å². The molecular formula is C25H23EuF9N2O6. The third-order valence-electron chi connectivity index (χ3n) is 3.77. The second kappa shape index (κ2) is 21.1. The Bertz CT molecular complexity index is 1070. The number of carbonyl (C=O) groups excluding carboxylic acids is 6. The van der Waals surface area contributed by atoms with Crippen LogP contribution in [0.4, 0.5) is 39.5 Å². The molecule has 0 N–H and O–H groups in total. The minimum absolute atomic E-state index is 0. The molecule has 0 saturated carbocycles. The number of pyridine rings is 2. The van der Waals surface area contributed by atoms with Gasteiger partial charge in [-0.15, -0.1) is 0 Å². The Labute approximate surface area is 279 Å². The Morgan fingerprint density at radius 1 is 0.512 bits per heavy atom. The summed E-state index contributed by atoms with van der Waals surface area (Å²) in [5.74, 6) is -8.29. The standard InChI is InChI=1S/C10H8N2.3C5H5F3O2.Eu/c1-3-7-11-9(5-1)10-6-2-4-8-12-10;3*1-3(9)2-4(10)5(6,7)8;/h1-8H;3*2H2,1H3;. The molecule has 0 aliphatic rings. The number of hydrogen-bond acceptors (Lipinski definition) is 8. The van der Waals surface area contributed by atoms with Crippen LogP contribution in [0.25, 0.3) is 11.4 Å². The second-order valence-corrected chi connectivity index (χ2v) is 7.83. The maximum atomic E-state index is 11.3. The van der Waals surface area contributed by atoms with E-state index in [9.17, 15) is 68.3 Å². The summed E-state index contributed by atoms with van der Waals surface area (Å²) in [7, 11) is 0. The number of ketones is 6. The molecule has 0 aliphatic heterocycles. The fourth-order valence-electron chi connectivity index (χ4n) is 2.01. The van der Waals surface area contributed by atoms with E-state index in [1.54, 1.807) is 12.4 Å². The smallest absolute Gasteiger partial charge is 0.300 e. The van der Waals surface area contributed by atoms with Crippen LogP contribution in [0.5, 0.6) is 0 Å². The van der Waals surface area contributed by atoms with Gasteiger partial charge in [-0.05, 0) is 45.0 Å². The molecule has 18 heteroatoms. The molecule has 1 radical (unpaired) electrons. The number of nitrogens with zero attached hydrogens (tertiary/aromatic N) is 2. The molecule has 0 aromatic carbocycles. The van der Waals surface area contributed by atoms with Crippen molar-refractivity contribution in [1.82, 2.24) is 9.97 Å². The summed E-state index contributed by atoms with van der Waals surface area (Å²) < 4.78 is 102. The Balaban J connectivity index is -0.000000495. The Kier molecular flexibility index (Phi) is 21.9. The topological polar surface area (TPSA) is 128 Å². The van der Waals surface area contributed by atoms with Gasteiger partial charge in [0, 0.05) is 61.8 Å². The summed E-state index contributed by atoms with van der Waals surface area (Å²) in [6, 6.07) is 11.6. The average molecular weight is 770 g/mol. The number of hydrogen-bond donors (Lipinski definition) is 0. The molecule has 2 aromatic heterocycles. The third-order valence-corrected chi connectivity index (χ3v) is 3.77. The van der Waals surface area contributed by atoms with E-state index in [0.717, 1.165) is 32.2 Å². The van der Waals surface area contributed by atoms with Crippen LogP contribution in [0.2, 0.25) is 0 Å². The summed E-state index contributed by atoms with van der Waals surface area (Å²) in [5.41, 5.74) is 1.83. The molecule has 0 atom stereocenters. The minimum atomic E-state index is -4.87. The van der Waals surface area contributed by atoms with Crippen molar-refractivity contribution < 1.29 is 118 Å². The number of Topliss-reactive ketones (excluding diaryl/α,β-unsaturated/α-hetero) is 6. The molecule has 0 bridgehead atoms. The fraction of sp³-hybridized carbons (Fsp3) is 0.360. The fourth-order valence-corrected chi connectivity index (χ4v) is 2.01. The van der Waals surface area contributed by atoms with Crippen molar-refractivity contribution in [3.05, 3.63) is 48.8 Å². The van der Waals surface area contributed by atoms with Gasteiger partial charge in [0.15, 0.2) is 0 Å². The van der Waals surface area contributed by atoms with Gasteiger partial charge in [0.25, 0.3) is 0 Å². The van der Waals surface area contributed by atoms with Gasteiger partial charge in [-0.25, -0.2) is 0 Å². The Hall–Kier alpha value is -2.73. The van der Waals surface area contributed by atoms with E-state index in [1.165, 1.54) is 0 Å². The molecular weight excluding hydrogens is 747 g/mol. The van der Waals surface area contributed by atoms with Gasteiger partial charge >= 0.3 is 18.5 Å². The summed E-state index contributed by atoms with van der Waals surface area (Å²) in [6.45, 7) is 2.80. The molecule has 2 heterocycles. The summed E-state index contributed by atoms with van der Waals surface area (Å²) >= 11 is 0. The monoisotopic (exact) mass is 771 g/mol. The maximum Gasteiger partial charge on any atom is 0.450 e. The van der Waals surface area contributed by atoms with E-state index in [0.29, 0.717) is 0 Å². The normalized spacial score (nSPS) is 10.5. The van der Waals surface area contributed by atoms with Gasteiger partial charge < -0.3 is 0 Å². The zero-order valence-corrected chi connectivity index (χ0v) is 24.8. The van der Waals surface area contributed by atoms with Crippen LogP contribution >= 0.6 is 0 Å². The predicted molar refractivity (Wildman–Crippen MR) is 127 cm³/mol. The molecule has 0 fully saturated rings. The van der Waals surface area contributed by atoms with Gasteiger partial charge in [-0.1, -0.05) is 12.1 Å². The molecule has 2 aromatic rings. The van der Waals surface area contributed by atoms with E-state index >= 15 is 0 Å². The van der Waals surface area contributed by atoms with Crippen LogP contribution in [0.3, 0.4) is 0 Å². The molecule has 0 aliphatic carbocycles. The first-order valence-electron chi connectivity index (χ1n) is 11.1. The van der Waals surface area contributed by atoms with E-state index in [1.807, 2.05) is 36.4 Å². The largest absolute Gasteiger partial charge is 0.450 e. The maximum absolute atomic E-state index is 11.3. The van der Waals surface area contributed by atoms with E-state index in [-0.39, 0.29) is 49.4 Å². The first kappa shape index (κ1) is 44.7. The van der Waals surface area contributed by atoms with Crippen molar-refractivity contribution in [3.8, 4) is 11.4 Å². The summed E-state index contributed by atoms with van der Waals surface area (Å²) in [5, 5.41) is 0. The van der Waals surface area contributed by atoms with Crippen molar-refractivity contribution in [3.63, 3.8) is 0 Å². The quantitative estimate of drug-likeness (QED) is 0.270. The number of carbonyl (C=O) groups is 6. The van der Waals surface area contributed by atoms with Crippen LogP contribution in [0, 0.1) is 49.4 Å². The van der Waals surface area contributed by atoms with Crippen LogP contribution < -0.4 is 0 Å². The number of aromatic nitrogens is 2. The molecule has 8 nitrogen and oxygen atoms in total. The SMILES string of the molecule is CC(=O)CC(=O)C(F)(F)F.CC(=O)CC(=O)C(F)(F)F.CC(=O)CC(=O)C(F)(F)F.[Eu].c1ccc(-c2ccccn2)nc1. The van der Waals surface area contributed by atoms with Crippen LogP contribution in [-0.2, 0) is 28.8 Å². The number of alkyl halides is 9. The van der Waals surface area contributed by atoms with Crippen molar-refractivity contribution in [2.75, 3.05) is 0 Å². The van der Waals surface area contributed by atoms with Gasteiger partial charge in [-0.3, -0.25) is 38.7 Å². The predicted octanol–water partition coefficient (Wildman–Crippen LogP) is 5.43. The van der Waals surface area contributed by atoms with E-state index < -0.39 is 72.5 Å². The molecule has 0 saturated heterocycles. The van der Waals surface area contributed by atoms with Crippen molar-refractivity contribution in [2.45, 2.75) is 58.6 Å². The summed E-state index contributed by atoms with van der Waals surface area (Å²) in [4.78, 5) is 68.1. The molecule has 0 spiro atoms. The van der Waals surface area contributed by atoms with Gasteiger partial charge in [-0.2, -0.15) is 39.5 Å². The molecule has 239 valence electrons. The first-order chi connectivity index (χ1) is 19.0. The second-order valence-electron chi connectivity index (χ2n) is 7.83. The van der Waals surface area contributed by atoms with Crippen LogP contribution in [0.15, 0.2) is 48.8 Å². The molecule has 2 rings (SSSR count). The average Bonchev–Trinajstić information content (AvgIpc) is 2.83. The molecule has 0 amide bonds. The Morgan fingerprint density at radius 3 is 0.860 bits per heavy atom. The van der Waals surface area contributed by atoms with E-state index in [4.69, 9.17) is 0 Å². The molecule has 0 unspecified atom stereocenters. The number of halogens is 9. The zero-order chi connectivity index (χ0) is 33.3.